The zero-order valence-corrected chi connectivity index (χ0v) is 13.6. The van der Waals surface area contributed by atoms with Crippen molar-refractivity contribution in [2.24, 2.45) is 4.99 Å². The van der Waals surface area contributed by atoms with Crippen LogP contribution in [0.3, 0.4) is 0 Å². The molecule has 4 nitrogen and oxygen atoms in total. The van der Waals surface area contributed by atoms with E-state index in [1.165, 1.54) is 0 Å². The lowest BCUT2D eigenvalue weighted by Crippen LogP contribution is -2.22. The zero-order valence-electron chi connectivity index (χ0n) is 13.6. The van der Waals surface area contributed by atoms with Crippen molar-refractivity contribution in [3.63, 3.8) is 0 Å². The number of benzene rings is 3. The molecule has 124 valence electrons. The SMILES string of the molecule is O=C(OCc1ccccc1)C1COC(c2cccc3ccccc23)=N1. The number of ether oxygens (including phenoxy) is 2. The molecule has 1 atom stereocenters. The van der Waals surface area contributed by atoms with E-state index in [-0.39, 0.29) is 19.2 Å². The van der Waals surface area contributed by atoms with Gasteiger partial charge in [-0.15, -0.1) is 0 Å². The molecule has 4 rings (SSSR count). The lowest BCUT2D eigenvalue weighted by Gasteiger charge is -2.06. The Morgan fingerprint density at radius 1 is 1.00 bits per heavy atom. The van der Waals surface area contributed by atoms with Crippen LogP contribution in [0.25, 0.3) is 10.8 Å². The van der Waals surface area contributed by atoms with Gasteiger partial charge in [0, 0.05) is 5.56 Å². The Kier molecular flexibility index (Phi) is 4.17. The van der Waals surface area contributed by atoms with Crippen LogP contribution in [0, 0.1) is 0 Å². The summed E-state index contributed by atoms with van der Waals surface area (Å²) in [5, 5.41) is 2.17. The number of rotatable bonds is 4. The van der Waals surface area contributed by atoms with Crippen LogP contribution in [0.2, 0.25) is 0 Å². The Morgan fingerprint density at radius 2 is 1.76 bits per heavy atom. The molecule has 0 amide bonds. The minimum absolute atomic E-state index is 0.214. The second-order valence-electron chi connectivity index (χ2n) is 5.88. The fourth-order valence-corrected chi connectivity index (χ4v) is 2.88. The van der Waals surface area contributed by atoms with Crippen LogP contribution in [0.4, 0.5) is 0 Å². The summed E-state index contributed by atoms with van der Waals surface area (Å²) in [5.41, 5.74) is 1.85. The Balaban J connectivity index is 1.50. The van der Waals surface area contributed by atoms with Gasteiger partial charge in [-0.05, 0) is 22.4 Å². The van der Waals surface area contributed by atoms with E-state index in [4.69, 9.17) is 9.47 Å². The molecule has 0 saturated carbocycles. The highest BCUT2D eigenvalue weighted by atomic mass is 16.5. The van der Waals surface area contributed by atoms with Gasteiger partial charge in [0.05, 0.1) is 0 Å². The highest BCUT2D eigenvalue weighted by Gasteiger charge is 2.28. The van der Waals surface area contributed by atoms with Crippen LogP contribution in [0.15, 0.2) is 77.8 Å². The largest absolute Gasteiger partial charge is 0.475 e. The minimum Gasteiger partial charge on any atom is -0.475 e. The summed E-state index contributed by atoms with van der Waals surface area (Å²) >= 11 is 0. The molecule has 0 N–H and O–H groups in total. The minimum atomic E-state index is -0.613. The molecule has 1 heterocycles. The summed E-state index contributed by atoms with van der Waals surface area (Å²) in [4.78, 5) is 16.7. The fraction of sp³-hybridized carbons (Fsp3) is 0.143. The molecule has 0 radical (unpaired) electrons. The Bertz CT molecular complexity index is 929. The summed E-state index contributed by atoms with van der Waals surface area (Å²) < 4.78 is 11.0. The standard InChI is InChI=1S/C21H17NO3/c23-21(25-13-15-7-2-1-3-8-15)19-14-24-20(22-19)18-12-6-10-16-9-4-5-11-17(16)18/h1-12,19H,13-14H2. The van der Waals surface area contributed by atoms with Gasteiger partial charge in [-0.1, -0.05) is 66.7 Å². The molecular formula is C21H17NO3. The average Bonchev–Trinajstić information content (AvgIpc) is 3.16. The molecule has 0 aliphatic carbocycles. The highest BCUT2D eigenvalue weighted by Crippen LogP contribution is 2.22. The summed E-state index contributed by atoms with van der Waals surface area (Å²) in [6.07, 6.45) is 0. The number of carbonyl (C=O) groups excluding carboxylic acids is 1. The third-order valence-corrected chi connectivity index (χ3v) is 4.17. The van der Waals surface area contributed by atoms with E-state index in [1.54, 1.807) is 0 Å². The maximum Gasteiger partial charge on any atom is 0.334 e. The molecular weight excluding hydrogens is 314 g/mol. The predicted molar refractivity (Wildman–Crippen MR) is 96.5 cm³/mol. The maximum atomic E-state index is 12.2. The molecule has 1 aliphatic heterocycles. The molecule has 0 fully saturated rings. The predicted octanol–water partition coefficient (Wildman–Crippen LogP) is 3.73. The third kappa shape index (κ3) is 3.24. The van der Waals surface area contributed by atoms with Gasteiger partial charge in [0.25, 0.3) is 0 Å². The number of hydrogen-bond donors (Lipinski definition) is 0. The van der Waals surface area contributed by atoms with Crippen molar-refractivity contribution in [2.75, 3.05) is 6.61 Å². The van der Waals surface area contributed by atoms with Crippen molar-refractivity contribution in [2.45, 2.75) is 12.6 Å². The van der Waals surface area contributed by atoms with Crippen molar-refractivity contribution < 1.29 is 14.3 Å². The smallest absolute Gasteiger partial charge is 0.334 e. The van der Waals surface area contributed by atoms with Gasteiger partial charge in [-0.2, -0.15) is 0 Å². The quantitative estimate of drug-likeness (QED) is 0.685. The molecule has 0 bridgehead atoms. The number of esters is 1. The molecule has 4 heteroatoms. The topological polar surface area (TPSA) is 47.9 Å². The Morgan fingerprint density at radius 3 is 2.64 bits per heavy atom. The van der Waals surface area contributed by atoms with Crippen LogP contribution in [0.5, 0.6) is 0 Å². The van der Waals surface area contributed by atoms with Crippen molar-refractivity contribution in [3.8, 4) is 0 Å². The van der Waals surface area contributed by atoms with Gasteiger partial charge < -0.3 is 9.47 Å². The van der Waals surface area contributed by atoms with E-state index >= 15 is 0 Å². The lowest BCUT2D eigenvalue weighted by atomic mass is 10.0. The van der Waals surface area contributed by atoms with E-state index in [2.05, 4.69) is 4.99 Å². The second-order valence-corrected chi connectivity index (χ2v) is 5.88. The lowest BCUT2D eigenvalue weighted by molar-refractivity contribution is -0.146. The molecule has 1 unspecified atom stereocenters. The van der Waals surface area contributed by atoms with Crippen molar-refractivity contribution >= 4 is 22.6 Å². The van der Waals surface area contributed by atoms with E-state index in [0.717, 1.165) is 21.9 Å². The first-order valence-corrected chi connectivity index (χ1v) is 8.20. The first kappa shape index (κ1) is 15.4. The molecule has 3 aromatic rings. The monoisotopic (exact) mass is 331 g/mol. The van der Waals surface area contributed by atoms with Gasteiger partial charge in [-0.25, -0.2) is 9.79 Å². The van der Waals surface area contributed by atoms with E-state index in [0.29, 0.717) is 5.90 Å². The third-order valence-electron chi connectivity index (χ3n) is 4.17. The van der Waals surface area contributed by atoms with Crippen LogP contribution in [-0.4, -0.2) is 24.5 Å². The van der Waals surface area contributed by atoms with Crippen LogP contribution in [-0.2, 0) is 20.9 Å². The summed E-state index contributed by atoms with van der Waals surface area (Å²) in [6.45, 7) is 0.460. The van der Waals surface area contributed by atoms with E-state index < -0.39 is 6.04 Å². The summed E-state index contributed by atoms with van der Waals surface area (Å²) in [6, 6.07) is 23.0. The fourth-order valence-electron chi connectivity index (χ4n) is 2.88. The van der Waals surface area contributed by atoms with Gasteiger partial charge >= 0.3 is 5.97 Å². The first-order chi connectivity index (χ1) is 12.3. The van der Waals surface area contributed by atoms with Crippen molar-refractivity contribution in [1.82, 2.24) is 0 Å². The number of nitrogens with zero attached hydrogens (tertiary/aromatic N) is 1. The maximum absolute atomic E-state index is 12.2. The molecule has 0 aromatic heterocycles. The number of hydrogen-bond acceptors (Lipinski definition) is 4. The summed E-state index contributed by atoms with van der Waals surface area (Å²) in [7, 11) is 0. The molecule has 0 spiro atoms. The average molecular weight is 331 g/mol. The molecule has 3 aromatic carbocycles. The molecule has 25 heavy (non-hydrogen) atoms. The zero-order chi connectivity index (χ0) is 17.1. The first-order valence-electron chi connectivity index (χ1n) is 8.20. The second kappa shape index (κ2) is 6.77. The normalized spacial score (nSPS) is 16.3. The number of aliphatic imine (C=N–C) groups is 1. The summed E-state index contributed by atoms with van der Waals surface area (Å²) in [5.74, 6) is 0.137. The van der Waals surface area contributed by atoms with Gasteiger partial charge in [0.15, 0.2) is 6.04 Å². The van der Waals surface area contributed by atoms with Crippen molar-refractivity contribution in [1.29, 1.82) is 0 Å². The van der Waals surface area contributed by atoms with Gasteiger partial charge in [0.2, 0.25) is 5.90 Å². The van der Waals surface area contributed by atoms with E-state index in [1.807, 2.05) is 72.8 Å². The molecule has 1 aliphatic rings. The Labute approximate surface area is 145 Å². The Hall–Kier alpha value is -3.14. The van der Waals surface area contributed by atoms with Crippen molar-refractivity contribution in [3.05, 3.63) is 83.9 Å². The van der Waals surface area contributed by atoms with E-state index in [9.17, 15) is 4.79 Å². The number of fused-ring (bicyclic) bond motifs is 1. The van der Waals surface area contributed by atoms with Gasteiger partial charge in [0.1, 0.15) is 13.2 Å². The van der Waals surface area contributed by atoms with Crippen LogP contribution < -0.4 is 0 Å². The van der Waals surface area contributed by atoms with Crippen LogP contribution >= 0.6 is 0 Å². The van der Waals surface area contributed by atoms with Crippen LogP contribution in [0.1, 0.15) is 11.1 Å². The molecule has 0 saturated heterocycles. The number of carbonyl (C=O) groups is 1. The van der Waals surface area contributed by atoms with Gasteiger partial charge in [-0.3, -0.25) is 0 Å². The highest BCUT2D eigenvalue weighted by molar-refractivity contribution is 6.08.